The Kier molecular flexibility index (Phi) is 5.25. The van der Waals surface area contributed by atoms with Crippen LogP contribution in [0.25, 0.3) is 0 Å². The maximum atomic E-state index is 15.6. The molecule has 0 N–H and O–H groups in total. The van der Waals surface area contributed by atoms with Gasteiger partial charge in [0.2, 0.25) is 5.67 Å². The molecule has 0 heterocycles. The Bertz CT molecular complexity index is 666. The van der Waals surface area contributed by atoms with Gasteiger partial charge in [0.1, 0.15) is 0 Å². The minimum Gasteiger partial charge on any atom is -0.226 e. The van der Waals surface area contributed by atoms with Crippen molar-refractivity contribution in [2.75, 3.05) is 0 Å². The lowest BCUT2D eigenvalue weighted by molar-refractivity contribution is -0.323. The van der Waals surface area contributed by atoms with Crippen LogP contribution < -0.4 is 0 Å². The summed E-state index contributed by atoms with van der Waals surface area (Å²) in [5, 5.41) is 0. The molecule has 0 fully saturated rings. The lowest BCUT2D eigenvalue weighted by Crippen LogP contribution is -2.53. The first-order chi connectivity index (χ1) is 10.5. The van der Waals surface area contributed by atoms with Gasteiger partial charge in [-0.25, -0.2) is 4.39 Å². The number of benzene rings is 2. The van der Waals surface area contributed by atoms with Gasteiger partial charge in [-0.05, 0) is 57.3 Å². The first kappa shape index (κ1) is 18.8. The quantitative estimate of drug-likeness (QED) is 0.308. The molecule has 0 atom stereocenters. The number of halogens is 8. The molecule has 0 nitrogen and oxygen atoms in total. The van der Waals surface area contributed by atoms with E-state index in [1.165, 1.54) is 36.4 Å². The highest BCUT2D eigenvalue weighted by molar-refractivity contribution is 14.1. The Balaban J connectivity index is 2.87. The molecule has 0 saturated heterocycles. The molecular formula is C15H8F6I2. The fourth-order valence-corrected chi connectivity index (χ4v) is 3.68. The third-order valence-electron chi connectivity index (χ3n) is 3.28. The summed E-state index contributed by atoms with van der Waals surface area (Å²) in [5.41, 5.74) is -5.46. The average molecular weight is 556 g/mol. The third kappa shape index (κ3) is 3.08. The van der Waals surface area contributed by atoms with E-state index in [2.05, 4.69) is 0 Å². The zero-order valence-electron chi connectivity index (χ0n) is 11.1. The molecule has 8 heteroatoms. The van der Waals surface area contributed by atoms with E-state index in [4.69, 9.17) is 0 Å². The van der Waals surface area contributed by atoms with E-state index in [0.717, 1.165) is 12.1 Å². The average Bonchev–Trinajstić information content (AvgIpc) is 2.46. The Morgan fingerprint density at radius 1 is 0.609 bits per heavy atom. The summed E-state index contributed by atoms with van der Waals surface area (Å²) in [6.07, 6.45) is -6.04. The van der Waals surface area contributed by atoms with Crippen molar-refractivity contribution in [3.05, 3.63) is 66.8 Å². The van der Waals surface area contributed by atoms with Gasteiger partial charge in [0, 0.05) is 18.3 Å². The number of hydrogen-bond donors (Lipinski definition) is 0. The second kappa shape index (κ2) is 6.41. The van der Waals surface area contributed by atoms with Crippen LogP contribution in [0.1, 0.15) is 11.1 Å². The van der Waals surface area contributed by atoms with Gasteiger partial charge in [0.05, 0.1) is 0 Å². The Labute approximate surface area is 155 Å². The van der Waals surface area contributed by atoms with Gasteiger partial charge in [-0.2, -0.15) is 22.0 Å². The summed E-state index contributed by atoms with van der Waals surface area (Å²) in [6.45, 7) is 0. The van der Waals surface area contributed by atoms with Crippen LogP contribution in [-0.2, 0) is 5.67 Å². The summed E-state index contributed by atoms with van der Waals surface area (Å²) in [6, 6.07) is 9.80. The van der Waals surface area contributed by atoms with E-state index in [0.29, 0.717) is 0 Å². The van der Waals surface area contributed by atoms with Crippen LogP contribution in [0.3, 0.4) is 0 Å². The van der Waals surface area contributed by atoms with Crippen LogP contribution in [0.15, 0.2) is 48.5 Å². The second-order valence-electron chi connectivity index (χ2n) is 4.69. The van der Waals surface area contributed by atoms with Crippen LogP contribution in [0.5, 0.6) is 0 Å². The smallest absolute Gasteiger partial charge is 0.226 e. The van der Waals surface area contributed by atoms with Crippen molar-refractivity contribution >= 4 is 45.2 Å². The molecule has 0 aliphatic heterocycles. The largest absolute Gasteiger partial charge is 0.457 e. The standard InChI is InChI=1S/C15H8F6I2/c16-13(14(17,18)15(19,20)21,9-5-1-3-7-11(9)22)10-6-2-4-8-12(10)23/h1-8H. The van der Waals surface area contributed by atoms with Gasteiger partial charge in [-0.3, -0.25) is 0 Å². The van der Waals surface area contributed by atoms with Gasteiger partial charge in [-0.15, -0.1) is 0 Å². The molecule has 0 bridgehead atoms. The molecule has 0 unspecified atom stereocenters. The maximum Gasteiger partial charge on any atom is 0.457 e. The minimum atomic E-state index is -6.04. The number of alkyl halides is 6. The highest BCUT2D eigenvalue weighted by atomic mass is 127. The fourth-order valence-electron chi connectivity index (χ4n) is 2.16. The highest BCUT2D eigenvalue weighted by Gasteiger charge is 2.73. The molecular weight excluding hydrogens is 548 g/mol. The number of rotatable bonds is 3. The van der Waals surface area contributed by atoms with Crippen LogP contribution in [-0.4, -0.2) is 12.1 Å². The summed E-state index contributed by atoms with van der Waals surface area (Å²) < 4.78 is 82.9. The second-order valence-corrected chi connectivity index (χ2v) is 7.01. The van der Waals surface area contributed by atoms with Crippen molar-refractivity contribution in [3.8, 4) is 0 Å². The third-order valence-corrected chi connectivity index (χ3v) is 5.16. The van der Waals surface area contributed by atoms with Gasteiger partial charge in [0.25, 0.3) is 0 Å². The van der Waals surface area contributed by atoms with Crippen molar-refractivity contribution in [1.29, 1.82) is 0 Å². The molecule has 124 valence electrons. The molecule has 0 radical (unpaired) electrons. The minimum absolute atomic E-state index is 0.0174. The Morgan fingerprint density at radius 2 is 0.957 bits per heavy atom. The van der Waals surface area contributed by atoms with E-state index >= 15 is 4.39 Å². The molecule has 2 aromatic carbocycles. The van der Waals surface area contributed by atoms with E-state index in [9.17, 15) is 22.0 Å². The highest BCUT2D eigenvalue weighted by Crippen LogP contribution is 2.55. The molecule has 0 spiro atoms. The van der Waals surface area contributed by atoms with Crippen LogP contribution in [0.2, 0.25) is 0 Å². The number of hydrogen-bond acceptors (Lipinski definition) is 0. The lowest BCUT2D eigenvalue weighted by Gasteiger charge is -2.36. The summed E-state index contributed by atoms with van der Waals surface area (Å²) in [4.78, 5) is 0. The SMILES string of the molecule is FC(F)(F)C(F)(F)C(F)(c1ccccc1I)c1ccccc1I. The molecule has 0 saturated carbocycles. The van der Waals surface area contributed by atoms with Crippen molar-refractivity contribution in [1.82, 2.24) is 0 Å². The first-order valence-corrected chi connectivity index (χ1v) is 8.32. The van der Waals surface area contributed by atoms with Crippen LogP contribution in [0.4, 0.5) is 26.3 Å². The first-order valence-electron chi connectivity index (χ1n) is 6.17. The molecule has 2 rings (SSSR count). The molecule has 0 aromatic heterocycles. The van der Waals surface area contributed by atoms with Crippen molar-refractivity contribution in [3.63, 3.8) is 0 Å². The topological polar surface area (TPSA) is 0 Å². The molecule has 23 heavy (non-hydrogen) atoms. The van der Waals surface area contributed by atoms with E-state index in [-0.39, 0.29) is 7.14 Å². The summed E-state index contributed by atoms with van der Waals surface area (Å²) in [5.74, 6) is -5.59. The molecule has 0 aliphatic carbocycles. The van der Waals surface area contributed by atoms with E-state index in [1.54, 1.807) is 45.2 Å². The summed E-state index contributed by atoms with van der Waals surface area (Å²) >= 11 is 3.10. The van der Waals surface area contributed by atoms with Gasteiger partial charge in [0.15, 0.2) is 0 Å². The van der Waals surface area contributed by atoms with Gasteiger partial charge in [-0.1, -0.05) is 36.4 Å². The zero-order chi connectivity index (χ0) is 17.5. The lowest BCUT2D eigenvalue weighted by atomic mass is 9.82. The monoisotopic (exact) mass is 556 g/mol. The van der Waals surface area contributed by atoms with E-state index < -0.39 is 28.9 Å². The Hall–Kier alpha value is -0.520. The summed E-state index contributed by atoms with van der Waals surface area (Å²) in [7, 11) is 0. The Morgan fingerprint density at radius 3 is 1.26 bits per heavy atom. The molecule has 2 aromatic rings. The zero-order valence-corrected chi connectivity index (χ0v) is 15.5. The van der Waals surface area contributed by atoms with Gasteiger partial charge < -0.3 is 0 Å². The fraction of sp³-hybridized carbons (Fsp3) is 0.200. The van der Waals surface area contributed by atoms with Crippen molar-refractivity contribution in [2.45, 2.75) is 17.8 Å². The van der Waals surface area contributed by atoms with Crippen LogP contribution in [0, 0.1) is 7.14 Å². The molecule has 0 aliphatic rings. The maximum absolute atomic E-state index is 15.6. The molecule has 0 amide bonds. The van der Waals surface area contributed by atoms with Crippen LogP contribution >= 0.6 is 45.2 Å². The van der Waals surface area contributed by atoms with Crippen molar-refractivity contribution in [2.24, 2.45) is 0 Å². The van der Waals surface area contributed by atoms with Gasteiger partial charge >= 0.3 is 12.1 Å². The predicted octanol–water partition coefficient (Wildman–Crippen LogP) is 6.31. The predicted molar refractivity (Wildman–Crippen MR) is 91.2 cm³/mol. The van der Waals surface area contributed by atoms with Crippen molar-refractivity contribution < 1.29 is 26.3 Å². The van der Waals surface area contributed by atoms with E-state index in [1.807, 2.05) is 0 Å². The normalized spacial score (nSPS) is 13.2.